The minimum atomic E-state index is -1.47. The molecule has 0 amide bonds. The molecule has 0 aliphatic heterocycles. The van der Waals surface area contributed by atoms with Crippen molar-refractivity contribution in [3.8, 4) is 0 Å². The van der Waals surface area contributed by atoms with E-state index in [-0.39, 0.29) is 11.7 Å². The molecule has 0 aliphatic carbocycles. The molecule has 13 heavy (non-hydrogen) atoms. The lowest BCUT2D eigenvalue weighted by atomic mass is 10.4. The van der Waals surface area contributed by atoms with Gasteiger partial charge in [-0.15, -0.1) is 0 Å². The number of ether oxygens (including phenoxy) is 1. The molecule has 0 saturated carbocycles. The molecule has 1 unspecified atom stereocenters. The van der Waals surface area contributed by atoms with Gasteiger partial charge in [0.25, 0.3) is 0.564 Å². The molecule has 2 nitrogen and oxygen atoms in total. The first-order chi connectivity index (χ1) is 5.79. The van der Waals surface area contributed by atoms with E-state index in [0.29, 0.717) is 5.57 Å². The van der Waals surface area contributed by atoms with E-state index in [9.17, 15) is 4.79 Å². The van der Waals surface area contributed by atoms with Crippen molar-refractivity contribution in [2.75, 3.05) is 0 Å². The van der Waals surface area contributed by atoms with Gasteiger partial charge in [-0.05, 0) is 13.3 Å². The Hall–Kier alpha value is 1.62. The molecule has 6 heteroatoms. The highest BCUT2D eigenvalue weighted by Crippen LogP contribution is 2.36. The Morgan fingerprint density at radius 3 is 2.23 bits per heavy atom. The van der Waals surface area contributed by atoms with Crippen LogP contribution in [-0.4, -0.2) is 12.3 Å². The van der Waals surface area contributed by atoms with E-state index in [4.69, 9.17) is 4.74 Å². The maximum absolute atomic E-state index is 11.2. The normalized spacial score (nSPS) is 13.6. The molecule has 0 spiro atoms. The summed E-state index contributed by atoms with van der Waals surface area (Å²) in [4.78, 5) is 11.2. The number of carbonyl (C=O) groups excluding carboxylic acids is 1. The van der Waals surface area contributed by atoms with Gasteiger partial charge < -0.3 is 4.74 Å². The Kier molecular flexibility index (Phi) is 7.03. The monoisotopic (exact) mass is 536 g/mol. The van der Waals surface area contributed by atoms with Crippen LogP contribution < -0.4 is 0 Å². The fraction of sp³-hybridized carbons (Fsp3) is 0.571. The molecule has 0 aromatic heterocycles. The van der Waals surface area contributed by atoms with Gasteiger partial charge in [0, 0.05) is 5.57 Å². The van der Waals surface area contributed by atoms with Gasteiger partial charge in [0.05, 0.1) is 0 Å². The number of esters is 1. The summed E-state index contributed by atoms with van der Waals surface area (Å²) < 4.78 is 3.86. The minimum absolute atomic E-state index is 0.0681. The first kappa shape index (κ1) is 14.6. The summed E-state index contributed by atoms with van der Waals surface area (Å²) in [7, 11) is 0. The van der Waals surface area contributed by atoms with Crippen molar-refractivity contribution in [2.45, 2.75) is 26.0 Å². The summed E-state index contributed by atoms with van der Waals surface area (Å²) in [5, 5.41) is 0. The fourth-order valence-corrected chi connectivity index (χ4v) is 6.42. The molecule has 0 rings (SSSR count). The number of hydrogen-bond donors (Lipinski definition) is 0. The van der Waals surface area contributed by atoms with Gasteiger partial charge in [-0.1, -0.05) is 78.9 Å². The van der Waals surface area contributed by atoms with Crippen LogP contribution in [0.3, 0.4) is 0 Å². The van der Waals surface area contributed by atoms with Gasteiger partial charge >= 0.3 is 5.97 Å². The van der Waals surface area contributed by atoms with Crippen LogP contribution in [0.15, 0.2) is 12.2 Å². The molecule has 76 valence electrons. The minimum Gasteiger partial charge on any atom is -0.460 e. The Bertz CT molecular complexity index is 212. The molecule has 0 fully saturated rings. The third-order valence-electron chi connectivity index (χ3n) is 1.33. The first-order valence-corrected chi connectivity index (χ1v) is 15.1. The van der Waals surface area contributed by atoms with Crippen LogP contribution in [0, 0.1) is 0 Å². The SMILES string of the molecule is C=C(C)C(=O)OC(CC)[Si](I)(I)I. The van der Waals surface area contributed by atoms with Crippen LogP contribution in [-0.2, 0) is 9.53 Å². The van der Waals surface area contributed by atoms with Crippen molar-refractivity contribution in [3.63, 3.8) is 0 Å². The van der Waals surface area contributed by atoms with Crippen molar-refractivity contribution in [2.24, 2.45) is 0 Å². The van der Waals surface area contributed by atoms with Crippen LogP contribution in [0.5, 0.6) is 0 Å². The van der Waals surface area contributed by atoms with Crippen molar-refractivity contribution in [1.29, 1.82) is 0 Å². The third-order valence-corrected chi connectivity index (χ3v) is 8.84. The van der Waals surface area contributed by atoms with E-state index in [1.54, 1.807) is 6.92 Å². The molecule has 0 saturated heterocycles. The van der Waals surface area contributed by atoms with Gasteiger partial charge in [0.15, 0.2) is 0 Å². The molecule has 0 aliphatic rings. The van der Waals surface area contributed by atoms with Crippen LogP contribution in [0.2, 0.25) is 0 Å². The molecule has 0 N–H and O–H groups in total. The third kappa shape index (κ3) is 5.92. The molecule has 0 aromatic carbocycles. The van der Waals surface area contributed by atoms with Crippen molar-refractivity contribution in [3.05, 3.63) is 12.2 Å². The Morgan fingerprint density at radius 1 is 1.54 bits per heavy atom. The second kappa shape index (κ2) is 6.25. The van der Waals surface area contributed by atoms with Gasteiger partial charge in [0.1, 0.15) is 5.73 Å². The standard InChI is InChI=1S/C7H11I3O2Si/c1-4-6(13(8,9)10)12-7(11)5(2)3/h6H,2,4H2,1,3H3. The smallest absolute Gasteiger partial charge is 0.333 e. The largest absolute Gasteiger partial charge is 0.460 e. The zero-order valence-electron chi connectivity index (χ0n) is 7.44. The van der Waals surface area contributed by atoms with Crippen LogP contribution in [0.4, 0.5) is 0 Å². The second-order valence-corrected chi connectivity index (χ2v) is 38.2. The molecule has 0 heterocycles. The number of halogens is 3. The summed E-state index contributed by atoms with van der Waals surface area (Å²) >= 11 is 7.20. The van der Waals surface area contributed by atoms with Crippen LogP contribution in [0.25, 0.3) is 0 Å². The maximum Gasteiger partial charge on any atom is 0.333 e. The van der Waals surface area contributed by atoms with Crippen LogP contribution >= 0.6 is 65.4 Å². The topological polar surface area (TPSA) is 26.3 Å². The van der Waals surface area contributed by atoms with Gasteiger partial charge in [0.2, 0.25) is 0 Å². The van der Waals surface area contributed by atoms with Crippen molar-refractivity contribution in [1.82, 2.24) is 0 Å². The quantitative estimate of drug-likeness (QED) is 0.181. The fourth-order valence-electron chi connectivity index (χ4n) is 0.611. The molecular weight excluding hydrogens is 525 g/mol. The molecule has 0 radical (unpaired) electrons. The zero-order chi connectivity index (χ0) is 10.6. The summed E-state index contributed by atoms with van der Waals surface area (Å²) in [6, 6.07) is 0. The van der Waals surface area contributed by atoms with E-state index < -0.39 is 0.564 Å². The van der Waals surface area contributed by atoms with Gasteiger partial charge in [-0.25, -0.2) is 4.79 Å². The molecular formula is C7H11I3O2Si. The van der Waals surface area contributed by atoms with Gasteiger partial charge in [-0.3, -0.25) is 0 Å². The lowest BCUT2D eigenvalue weighted by molar-refractivity contribution is -0.140. The van der Waals surface area contributed by atoms with Crippen molar-refractivity contribution < 1.29 is 9.53 Å². The molecule has 1 atom stereocenters. The highest BCUT2D eigenvalue weighted by atomic mass is 127. The van der Waals surface area contributed by atoms with E-state index in [2.05, 4.69) is 72.0 Å². The molecule has 0 bridgehead atoms. The number of rotatable bonds is 4. The van der Waals surface area contributed by atoms with Crippen molar-refractivity contribution >= 4 is 71.9 Å². The van der Waals surface area contributed by atoms with E-state index in [1.807, 2.05) is 6.92 Å². The lowest BCUT2D eigenvalue weighted by Gasteiger charge is -2.22. The van der Waals surface area contributed by atoms with E-state index >= 15 is 0 Å². The Morgan fingerprint density at radius 2 is 2.00 bits per heavy atom. The summed E-state index contributed by atoms with van der Waals surface area (Å²) in [5.41, 5.74) is 0.541. The highest BCUT2D eigenvalue weighted by molar-refractivity contribution is 14.4. The second-order valence-electron chi connectivity index (χ2n) is 2.62. The Balaban J connectivity index is 4.31. The van der Waals surface area contributed by atoms with Gasteiger partial charge in [-0.2, -0.15) is 0 Å². The average Bonchev–Trinajstić information content (AvgIpc) is 1.96. The lowest BCUT2D eigenvalue weighted by Crippen LogP contribution is -2.33. The maximum atomic E-state index is 11.2. The van der Waals surface area contributed by atoms with Crippen LogP contribution in [0.1, 0.15) is 20.3 Å². The first-order valence-electron chi connectivity index (χ1n) is 3.72. The predicted molar refractivity (Wildman–Crippen MR) is 82.8 cm³/mol. The van der Waals surface area contributed by atoms with E-state index in [1.165, 1.54) is 0 Å². The number of carbonyl (C=O) groups is 1. The molecule has 0 aromatic rings. The average molecular weight is 536 g/mol. The Labute approximate surface area is 118 Å². The number of hydrogen-bond acceptors (Lipinski definition) is 2. The highest BCUT2D eigenvalue weighted by Gasteiger charge is 2.35. The summed E-state index contributed by atoms with van der Waals surface area (Å²) in [6.45, 7) is 7.27. The summed E-state index contributed by atoms with van der Waals surface area (Å²) in [6.07, 6.45) is 0.875. The van der Waals surface area contributed by atoms with E-state index in [0.717, 1.165) is 6.42 Å². The summed E-state index contributed by atoms with van der Waals surface area (Å²) in [5.74, 6) is -0.270. The predicted octanol–water partition coefficient (Wildman–Crippen LogP) is 3.67. The zero-order valence-corrected chi connectivity index (χ0v) is 14.9.